The molecule has 4 heterocycles. The fraction of sp³-hybridized carbons (Fsp3) is 0.667. The molecule has 50 heavy (non-hydrogen) atoms. The summed E-state index contributed by atoms with van der Waals surface area (Å²) < 4.78 is 49.3. The molecule has 2 bridgehead atoms. The molecule has 2 aromatic carbocycles. The molecule has 2 saturated heterocycles. The number of ether oxygens (including phenoxy) is 3. The normalized spacial score (nSPS) is 36.1. The molecule has 2 aliphatic carbocycles. The van der Waals surface area contributed by atoms with Crippen LogP contribution in [-0.4, -0.2) is 82.8 Å². The van der Waals surface area contributed by atoms with Gasteiger partial charge in [-0.3, -0.25) is 9.69 Å². The topological polar surface area (TPSA) is 97.4 Å². The summed E-state index contributed by atoms with van der Waals surface area (Å²) in [4.78, 5) is 18.5. The largest absolute Gasteiger partial charge is 0.490 e. The van der Waals surface area contributed by atoms with Crippen LogP contribution < -0.4 is 14.4 Å². The third-order valence-corrected chi connectivity index (χ3v) is 15.3. The molecule has 1 amide bonds. The third kappa shape index (κ3) is 6.57. The molecule has 9 nitrogen and oxygen atoms in total. The van der Waals surface area contributed by atoms with Gasteiger partial charge in [0.25, 0.3) is 5.91 Å². The van der Waals surface area contributed by atoms with Gasteiger partial charge in [0.05, 0.1) is 36.8 Å². The van der Waals surface area contributed by atoms with Crippen molar-refractivity contribution in [1.29, 1.82) is 0 Å². The van der Waals surface area contributed by atoms with Crippen LogP contribution in [-0.2, 0) is 31.3 Å². The Morgan fingerprint density at radius 3 is 2.50 bits per heavy atom. The van der Waals surface area contributed by atoms with Crippen molar-refractivity contribution in [2.75, 3.05) is 50.9 Å². The molecule has 4 aliphatic heterocycles. The van der Waals surface area contributed by atoms with Crippen molar-refractivity contribution in [3.8, 4) is 5.75 Å². The molecule has 2 aromatic rings. The monoisotopic (exact) mass is 725 g/mol. The highest BCUT2D eigenvalue weighted by Crippen LogP contribution is 2.49. The maximum atomic E-state index is 13.6. The van der Waals surface area contributed by atoms with Crippen LogP contribution in [0.3, 0.4) is 0 Å². The molecule has 1 N–H and O–H groups in total. The first-order chi connectivity index (χ1) is 24.1. The Labute approximate surface area is 302 Å². The van der Waals surface area contributed by atoms with Crippen molar-refractivity contribution < 1.29 is 27.4 Å². The van der Waals surface area contributed by atoms with E-state index in [2.05, 4.69) is 26.7 Å². The van der Waals surface area contributed by atoms with E-state index in [1.54, 1.807) is 13.0 Å². The Balaban J connectivity index is 1.15. The lowest BCUT2D eigenvalue weighted by atomic mass is 9.64. The van der Waals surface area contributed by atoms with Crippen molar-refractivity contribution in [3.05, 3.63) is 58.1 Å². The summed E-state index contributed by atoms with van der Waals surface area (Å²) in [5.74, 6) is 1.11. The predicted molar refractivity (Wildman–Crippen MR) is 194 cm³/mol. The average molecular weight is 726 g/mol. The van der Waals surface area contributed by atoms with Crippen molar-refractivity contribution in [1.82, 2.24) is 9.62 Å². The Hall–Kier alpha value is -2.37. The zero-order valence-electron chi connectivity index (χ0n) is 29.4. The maximum Gasteiger partial charge on any atom is 0.264 e. The van der Waals surface area contributed by atoms with Gasteiger partial charge < -0.3 is 19.1 Å². The minimum atomic E-state index is -3.90. The number of nitrogens with one attached hydrogen (secondary N) is 1. The number of nitrogens with zero attached hydrogens (tertiary/aromatic N) is 2. The number of hydrogen-bond donors (Lipinski definition) is 1. The van der Waals surface area contributed by atoms with Gasteiger partial charge in [0, 0.05) is 35.0 Å². The molecule has 8 rings (SSSR count). The number of carbonyl (C=O) groups is 1. The zero-order valence-corrected chi connectivity index (χ0v) is 31.0. The summed E-state index contributed by atoms with van der Waals surface area (Å²) in [6.07, 6.45) is 8.84. The first-order valence-corrected chi connectivity index (χ1v) is 20.9. The standard InChI is InChI=1S/C39H52ClN3O6S/c1-25-6-3-8-33(38-47-21-31(22-48-38)42-16-5-17-42)32-12-9-29(32)20-43-23-39(15-4-7-27-18-30(40)11-13-34(27)39)24-49-36-14-10-28(19-35(36)43)37(44)41-50(45,46)26(25)2/h10-11,13-14,18-19,25-26,29,31-33,38H,3-9,12,15-17,20-24H2,1-2H3,(H,41,44)/t25-,26+,29-,31-,32+,33+,38+,39-/m0/s1. The molecule has 0 radical (unpaired) electrons. The minimum absolute atomic E-state index is 0.115. The fourth-order valence-corrected chi connectivity index (χ4v) is 11.1. The molecular formula is C39H52ClN3O6S. The summed E-state index contributed by atoms with van der Waals surface area (Å²) in [5.41, 5.74) is 3.51. The third-order valence-electron chi connectivity index (χ3n) is 13.2. The van der Waals surface area contributed by atoms with Gasteiger partial charge in [0.15, 0.2) is 6.29 Å². The number of likely N-dealkylation sites (tertiary alicyclic amines) is 1. The van der Waals surface area contributed by atoms with E-state index in [0.29, 0.717) is 43.3 Å². The lowest BCUT2D eigenvalue weighted by molar-refractivity contribution is -0.246. The fourth-order valence-electron chi connectivity index (χ4n) is 9.64. The smallest absolute Gasteiger partial charge is 0.264 e. The number of amides is 1. The minimum Gasteiger partial charge on any atom is -0.490 e. The molecule has 3 fully saturated rings. The van der Waals surface area contributed by atoms with Crippen LogP contribution in [0, 0.1) is 23.7 Å². The molecule has 0 aromatic heterocycles. The van der Waals surface area contributed by atoms with Gasteiger partial charge in [-0.2, -0.15) is 0 Å². The van der Waals surface area contributed by atoms with Crippen molar-refractivity contribution in [3.63, 3.8) is 0 Å². The van der Waals surface area contributed by atoms with E-state index in [1.807, 2.05) is 25.1 Å². The highest BCUT2D eigenvalue weighted by molar-refractivity contribution is 7.90. The number of fused-ring (bicyclic) bond motifs is 4. The lowest BCUT2D eigenvalue weighted by Gasteiger charge is -2.49. The Morgan fingerprint density at radius 2 is 1.76 bits per heavy atom. The number of carbonyl (C=O) groups excluding carboxylic acids is 1. The Bertz CT molecular complexity index is 1690. The van der Waals surface area contributed by atoms with Gasteiger partial charge in [-0.05, 0) is 131 Å². The average Bonchev–Trinajstić information content (AvgIpc) is 3.21. The molecular weight excluding hydrogens is 674 g/mol. The second-order valence-corrected chi connectivity index (χ2v) is 18.6. The highest BCUT2D eigenvalue weighted by atomic mass is 35.5. The van der Waals surface area contributed by atoms with E-state index in [-0.39, 0.29) is 23.5 Å². The van der Waals surface area contributed by atoms with Crippen LogP contribution in [0.15, 0.2) is 36.4 Å². The van der Waals surface area contributed by atoms with Crippen molar-refractivity contribution in [2.45, 2.75) is 94.6 Å². The number of sulfonamides is 1. The number of aryl methyl sites for hydroxylation is 1. The number of rotatable bonds is 2. The van der Waals surface area contributed by atoms with Gasteiger partial charge in [0.2, 0.25) is 10.0 Å². The van der Waals surface area contributed by atoms with Crippen LogP contribution in [0.1, 0.15) is 86.7 Å². The van der Waals surface area contributed by atoms with Crippen LogP contribution in [0.4, 0.5) is 5.69 Å². The van der Waals surface area contributed by atoms with E-state index >= 15 is 0 Å². The second-order valence-electron chi connectivity index (χ2n) is 16.1. The molecule has 0 unspecified atom stereocenters. The highest BCUT2D eigenvalue weighted by Gasteiger charge is 2.47. The number of benzene rings is 2. The van der Waals surface area contributed by atoms with E-state index in [4.69, 9.17) is 25.8 Å². The molecule has 272 valence electrons. The summed E-state index contributed by atoms with van der Waals surface area (Å²) in [6, 6.07) is 12.0. The number of hydrogen-bond acceptors (Lipinski definition) is 8. The van der Waals surface area contributed by atoms with Crippen molar-refractivity contribution in [2.24, 2.45) is 23.7 Å². The molecule has 6 aliphatic rings. The molecule has 6 atom stereocenters. The van der Waals surface area contributed by atoms with Gasteiger partial charge in [-0.25, -0.2) is 13.1 Å². The van der Waals surface area contributed by atoms with Gasteiger partial charge >= 0.3 is 0 Å². The van der Waals surface area contributed by atoms with Gasteiger partial charge in [-0.1, -0.05) is 31.0 Å². The zero-order chi connectivity index (χ0) is 34.6. The van der Waals surface area contributed by atoms with E-state index < -0.39 is 21.2 Å². The van der Waals surface area contributed by atoms with Crippen molar-refractivity contribution >= 4 is 33.2 Å². The summed E-state index contributed by atoms with van der Waals surface area (Å²) in [6.45, 7) is 9.44. The van der Waals surface area contributed by atoms with Crippen LogP contribution in [0.2, 0.25) is 5.02 Å². The molecule has 11 heteroatoms. The maximum absolute atomic E-state index is 13.6. The summed E-state index contributed by atoms with van der Waals surface area (Å²) >= 11 is 6.48. The Morgan fingerprint density at radius 1 is 0.940 bits per heavy atom. The summed E-state index contributed by atoms with van der Waals surface area (Å²) in [7, 11) is -3.90. The van der Waals surface area contributed by atoms with E-state index in [9.17, 15) is 13.2 Å². The van der Waals surface area contributed by atoms with Gasteiger partial charge in [0.1, 0.15) is 5.75 Å². The first-order valence-electron chi connectivity index (χ1n) is 18.9. The van der Waals surface area contributed by atoms with Gasteiger partial charge in [-0.15, -0.1) is 0 Å². The quantitative estimate of drug-likeness (QED) is 0.393. The SMILES string of the molecule is C[C@@H]1[C@@H](C)CCC[C@@H]([C@H]2OC[C@@H](N3CCC3)CO2)[C@@H]2CC[C@H]2CN2C[C@@]3(CCCc4cc(Cl)ccc43)COc3ccc(cc32)C(=O)NS1(=O)=O. The number of halogens is 1. The first kappa shape index (κ1) is 34.7. The van der Waals surface area contributed by atoms with Crippen LogP contribution in [0.25, 0.3) is 0 Å². The van der Waals surface area contributed by atoms with E-state index in [0.717, 1.165) is 94.0 Å². The number of anilines is 1. The second kappa shape index (κ2) is 13.9. The van der Waals surface area contributed by atoms with Crippen LogP contribution in [0.5, 0.6) is 5.75 Å². The summed E-state index contributed by atoms with van der Waals surface area (Å²) in [5, 5.41) is 0.0405. The van der Waals surface area contributed by atoms with Crippen LogP contribution >= 0.6 is 11.6 Å². The predicted octanol–water partition coefficient (Wildman–Crippen LogP) is 6.17. The molecule has 1 saturated carbocycles. The lowest BCUT2D eigenvalue weighted by Crippen LogP contribution is -2.55. The van der Waals surface area contributed by atoms with E-state index in [1.165, 1.54) is 17.5 Å². The Kier molecular flexibility index (Phi) is 9.63. The molecule has 1 spiro atoms.